The molecule has 1 aromatic carbocycles. The first-order valence-electron chi connectivity index (χ1n) is 6.26. The summed E-state index contributed by atoms with van der Waals surface area (Å²) < 4.78 is 20.4. The van der Waals surface area contributed by atoms with Gasteiger partial charge in [0.2, 0.25) is 0 Å². The van der Waals surface area contributed by atoms with Gasteiger partial charge in [-0.3, -0.25) is 0 Å². The van der Waals surface area contributed by atoms with Crippen LogP contribution in [0.4, 0.5) is 4.39 Å². The molecule has 1 heterocycles. The number of nitrogens with zero attached hydrogens (tertiary/aromatic N) is 3. The van der Waals surface area contributed by atoms with Crippen molar-refractivity contribution in [1.82, 2.24) is 15.0 Å². The molecule has 2 N–H and O–H groups in total. The molecular formula is C13H17FN4O. The number of hydrogen-bond acceptors (Lipinski definition) is 4. The Morgan fingerprint density at radius 2 is 2.21 bits per heavy atom. The van der Waals surface area contributed by atoms with E-state index in [1.807, 2.05) is 13.8 Å². The maximum atomic E-state index is 13.7. The van der Waals surface area contributed by atoms with Gasteiger partial charge in [-0.2, -0.15) is 0 Å². The summed E-state index contributed by atoms with van der Waals surface area (Å²) >= 11 is 0. The van der Waals surface area contributed by atoms with Crippen LogP contribution in [-0.2, 0) is 0 Å². The lowest BCUT2D eigenvalue weighted by Crippen LogP contribution is -2.08. The average molecular weight is 264 g/mol. The Kier molecular flexibility index (Phi) is 4.11. The average Bonchev–Trinajstić information content (AvgIpc) is 2.90. The Morgan fingerprint density at radius 1 is 1.42 bits per heavy atom. The van der Waals surface area contributed by atoms with Crippen molar-refractivity contribution in [2.75, 3.05) is 6.61 Å². The largest absolute Gasteiger partial charge is 0.491 e. The molecular weight excluding hydrogens is 247 g/mol. The molecule has 1 atom stereocenters. The third kappa shape index (κ3) is 2.90. The minimum Gasteiger partial charge on any atom is -0.491 e. The van der Waals surface area contributed by atoms with Crippen LogP contribution >= 0.6 is 0 Å². The second-order valence-corrected chi connectivity index (χ2v) is 4.15. The van der Waals surface area contributed by atoms with Crippen LogP contribution in [0.2, 0.25) is 0 Å². The highest BCUT2D eigenvalue weighted by atomic mass is 19.1. The number of ether oxygens (including phenoxy) is 1. The van der Waals surface area contributed by atoms with Gasteiger partial charge in [0, 0.05) is 6.07 Å². The van der Waals surface area contributed by atoms with Crippen LogP contribution in [0.5, 0.6) is 5.75 Å². The molecule has 2 rings (SSSR count). The van der Waals surface area contributed by atoms with Crippen molar-refractivity contribution in [2.24, 2.45) is 5.73 Å². The highest BCUT2D eigenvalue weighted by molar-refractivity contribution is 5.38. The van der Waals surface area contributed by atoms with Gasteiger partial charge in [-0.1, -0.05) is 12.1 Å². The van der Waals surface area contributed by atoms with Gasteiger partial charge in [-0.25, -0.2) is 9.07 Å². The summed E-state index contributed by atoms with van der Waals surface area (Å²) in [5, 5.41) is 7.94. The molecule has 2 aromatic rings. The van der Waals surface area contributed by atoms with E-state index in [1.54, 1.807) is 18.3 Å². The van der Waals surface area contributed by atoms with E-state index in [9.17, 15) is 4.39 Å². The number of benzene rings is 1. The number of aromatic nitrogens is 3. The lowest BCUT2D eigenvalue weighted by atomic mass is 10.2. The van der Waals surface area contributed by atoms with Gasteiger partial charge in [-0.05, 0) is 25.5 Å². The summed E-state index contributed by atoms with van der Waals surface area (Å²) in [5.41, 5.74) is 7.15. The second-order valence-electron chi connectivity index (χ2n) is 4.15. The molecule has 0 bridgehead atoms. The monoisotopic (exact) mass is 264 g/mol. The fourth-order valence-corrected chi connectivity index (χ4v) is 1.69. The summed E-state index contributed by atoms with van der Waals surface area (Å²) in [4.78, 5) is 0. The summed E-state index contributed by atoms with van der Waals surface area (Å²) in [6.07, 6.45) is 2.49. The van der Waals surface area contributed by atoms with Gasteiger partial charge in [0.15, 0.2) is 11.6 Å². The minimum atomic E-state index is -0.420. The highest BCUT2D eigenvalue weighted by Gasteiger charge is 2.11. The maximum Gasteiger partial charge on any atom is 0.167 e. The molecule has 0 saturated heterocycles. The van der Waals surface area contributed by atoms with Crippen molar-refractivity contribution in [2.45, 2.75) is 26.3 Å². The Balaban J connectivity index is 2.27. The predicted molar refractivity (Wildman–Crippen MR) is 69.7 cm³/mol. The topological polar surface area (TPSA) is 66.0 Å². The van der Waals surface area contributed by atoms with Gasteiger partial charge in [0.1, 0.15) is 0 Å². The molecule has 0 spiro atoms. The van der Waals surface area contributed by atoms with Gasteiger partial charge < -0.3 is 10.5 Å². The number of rotatable bonds is 5. The van der Waals surface area contributed by atoms with E-state index < -0.39 is 5.82 Å². The van der Waals surface area contributed by atoms with Gasteiger partial charge >= 0.3 is 0 Å². The van der Waals surface area contributed by atoms with E-state index in [-0.39, 0.29) is 11.8 Å². The van der Waals surface area contributed by atoms with Gasteiger partial charge in [0.05, 0.1) is 30.2 Å². The van der Waals surface area contributed by atoms with Gasteiger partial charge in [0.25, 0.3) is 0 Å². The van der Waals surface area contributed by atoms with E-state index in [0.717, 1.165) is 6.42 Å². The molecule has 19 heavy (non-hydrogen) atoms. The molecule has 0 amide bonds. The number of nitrogens with two attached hydrogens (primary N) is 1. The van der Waals surface area contributed by atoms with Crippen molar-refractivity contribution in [3.63, 3.8) is 0 Å². The Hall–Kier alpha value is -1.95. The fourth-order valence-electron chi connectivity index (χ4n) is 1.69. The van der Waals surface area contributed by atoms with Crippen LogP contribution in [0.15, 0.2) is 24.4 Å². The molecule has 0 aliphatic heterocycles. The number of hydrogen-bond donors (Lipinski definition) is 1. The van der Waals surface area contributed by atoms with Crippen LogP contribution in [0.25, 0.3) is 5.69 Å². The minimum absolute atomic E-state index is 0.152. The molecule has 6 heteroatoms. The van der Waals surface area contributed by atoms with E-state index in [0.29, 0.717) is 18.0 Å². The normalized spacial score (nSPS) is 12.4. The zero-order valence-corrected chi connectivity index (χ0v) is 11.0. The quantitative estimate of drug-likeness (QED) is 0.899. The fraction of sp³-hybridized carbons (Fsp3) is 0.385. The van der Waals surface area contributed by atoms with Crippen molar-refractivity contribution >= 4 is 0 Å². The maximum absolute atomic E-state index is 13.7. The SMILES string of the molecule is CCOc1ccc(-n2cc(C(N)CC)nn2)cc1F. The molecule has 102 valence electrons. The second kappa shape index (κ2) is 5.79. The van der Waals surface area contributed by atoms with Crippen LogP contribution in [0.1, 0.15) is 32.0 Å². The number of halogens is 1. The first-order chi connectivity index (χ1) is 9.15. The lowest BCUT2D eigenvalue weighted by molar-refractivity contribution is 0.321. The predicted octanol–water partition coefficient (Wildman–Crippen LogP) is 2.21. The van der Waals surface area contributed by atoms with Crippen LogP contribution in [0.3, 0.4) is 0 Å². The summed E-state index contributed by atoms with van der Waals surface area (Å²) in [7, 11) is 0. The third-order valence-electron chi connectivity index (χ3n) is 2.81. The van der Waals surface area contributed by atoms with Crippen molar-refractivity contribution in [1.29, 1.82) is 0 Å². The molecule has 0 aliphatic rings. The van der Waals surface area contributed by atoms with Crippen LogP contribution < -0.4 is 10.5 Å². The Morgan fingerprint density at radius 3 is 2.84 bits per heavy atom. The zero-order valence-electron chi connectivity index (χ0n) is 11.0. The van der Waals surface area contributed by atoms with E-state index in [1.165, 1.54) is 10.7 Å². The third-order valence-corrected chi connectivity index (χ3v) is 2.81. The van der Waals surface area contributed by atoms with E-state index >= 15 is 0 Å². The summed E-state index contributed by atoms with van der Waals surface area (Å²) in [6, 6.07) is 4.52. The molecule has 0 aliphatic carbocycles. The molecule has 5 nitrogen and oxygen atoms in total. The van der Waals surface area contributed by atoms with Crippen molar-refractivity contribution < 1.29 is 9.13 Å². The smallest absolute Gasteiger partial charge is 0.167 e. The van der Waals surface area contributed by atoms with E-state index in [2.05, 4.69) is 10.3 Å². The Labute approximate surface area is 111 Å². The summed E-state index contributed by atoms with van der Waals surface area (Å²) in [5.74, 6) is -0.187. The Bertz CT molecular complexity index is 555. The first kappa shape index (κ1) is 13.5. The first-order valence-corrected chi connectivity index (χ1v) is 6.26. The highest BCUT2D eigenvalue weighted by Crippen LogP contribution is 2.21. The van der Waals surface area contributed by atoms with Crippen molar-refractivity contribution in [3.05, 3.63) is 35.9 Å². The molecule has 0 saturated carbocycles. The standard InChI is InChI=1S/C13H17FN4O/c1-3-11(15)12-8-18(17-16-12)9-5-6-13(19-4-2)10(14)7-9/h5-8,11H,3-4,15H2,1-2H3. The van der Waals surface area contributed by atoms with Crippen LogP contribution in [0, 0.1) is 5.82 Å². The molecule has 0 fully saturated rings. The zero-order chi connectivity index (χ0) is 13.8. The summed E-state index contributed by atoms with van der Waals surface area (Å²) in [6.45, 7) is 4.21. The van der Waals surface area contributed by atoms with E-state index in [4.69, 9.17) is 10.5 Å². The molecule has 0 radical (unpaired) electrons. The van der Waals surface area contributed by atoms with Gasteiger partial charge in [-0.15, -0.1) is 5.10 Å². The van der Waals surface area contributed by atoms with Crippen LogP contribution in [-0.4, -0.2) is 21.6 Å². The lowest BCUT2D eigenvalue weighted by Gasteiger charge is -2.06. The van der Waals surface area contributed by atoms with Crippen molar-refractivity contribution in [3.8, 4) is 11.4 Å². The molecule has 1 unspecified atom stereocenters. The molecule has 1 aromatic heterocycles.